The summed E-state index contributed by atoms with van der Waals surface area (Å²) in [5.74, 6) is 0.532. The molecule has 7 heteroatoms. The van der Waals surface area contributed by atoms with Crippen LogP contribution >= 0.6 is 0 Å². The standard InChI is InChI=1S/C16H21N5O2/c22-14-2-1-9-20(12-14)16(23)18-15-6-11-21(19-15)10-5-13-3-7-17-8-4-13/h3-4,6-8,11,14,22H,1-2,5,9-10,12H2,(H,18,19,23). The van der Waals surface area contributed by atoms with Gasteiger partial charge in [0.2, 0.25) is 0 Å². The second-order valence-corrected chi connectivity index (χ2v) is 5.74. The van der Waals surface area contributed by atoms with Crippen molar-refractivity contribution in [3.05, 3.63) is 42.4 Å². The van der Waals surface area contributed by atoms with E-state index in [2.05, 4.69) is 15.4 Å². The zero-order valence-electron chi connectivity index (χ0n) is 12.9. The first-order valence-electron chi connectivity index (χ1n) is 7.87. The summed E-state index contributed by atoms with van der Waals surface area (Å²) in [5.41, 5.74) is 1.20. The van der Waals surface area contributed by atoms with Gasteiger partial charge in [-0.3, -0.25) is 15.0 Å². The van der Waals surface area contributed by atoms with Gasteiger partial charge >= 0.3 is 6.03 Å². The minimum atomic E-state index is -0.424. The predicted octanol–water partition coefficient (Wildman–Crippen LogP) is 1.51. The van der Waals surface area contributed by atoms with Gasteiger partial charge in [0.15, 0.2) is 5.82 Å². The molecular formula is C16H21N5O2. The molecule has 1 aliphatic heterocycles. The zero-order valence-corrected chi connectivity index (χ0v) is 12.9. The van der Waals surface area contributed by atoms with Gasteiger partial charge in [-0.1, -0.05) is 0 Å². The second kappa shape index (κ2) is 7.23. The van der Waals surface area contributed by atoms with Crippen LogP contribution in [0.4, 0.5) is 10.6 Å². The number of piperidine rings is 1. The van der Waals surface area contributed by atoms with Crippen molar-refractivity contribution >= 4 is 11.8 Å². The molecule has 1 aliphatic rings. The first-order chi connectivity index (χ1) is 11.2. The van der Waals surface area contributed by atoms with Crippen LogP contribution in [0.1, 0.15) is 18.4 Å². The number of nitrogens with one attached hydrogen (secondary N) is 1. The molecule has 0 saturated carbocycles. The van der Waals surface area contributed by atoms with Gasteiger partial charge in [-0.2, -0.15) is 5.10 Å². The average Bonchev–Trinajstić information content (AvgIpc) is 3.01. The fourth-order valence-electron chi connectivity index (χ4n) is 2.67. The molecule has 1 saturated heterocycles. The number of carbonyl (C=O) groups excluding carboxylic acids is 1. The number of likely N-dealkylation sites (tertiary alicyclic amines) is 1. The van der Waals surface area contributed by atoms with E-state index in [1.54, 1.807) is 28.0 Å². The van der Waals surface area contributed by atoms with E-state index in [-0.39, 0.29) is 6.03 Å². The van der Waals surface area contributed by atoms with Crippen LogP contribution in [0.25, 0.3) is 0 Å². The number of hydrogen-bond acceptors (Lipinski definition) is 4. The van der Waals surface area contributed by atoms with Crippen molar-refractivity contribution in [2.24, 2.45) is 0 Å². The van der Waals surface area contributed by atoms with Crippen molar-refractivity contribution in [1.82, 2.24) is 19.7 Å². The number of β-amino-alcohol motifs (C(OH)–C–C–N with tert-alkyl or cyclic N) is 1. The van der Waals surface area contributed by atoms with Crippen molar-refractivity contribution in [2.75, 3.05) is 18.4 Å². The van der Waals surface area contributed by atoms with Gasteiger partial charge < -0.3 is 10.0 Å². The molecule has 1 unspecified atom stereocenters. The van der Waals surface area contributed by atoms with E-state index in [9.17, 15) is 9.90 Å². The Balaban J connectivity index is 1.51. The first kappa shape index (κ1) is 15.5. The van der Waals surface area contributed by atoms with Crippen molar-refractivity contribution in [1.29, 1.82) is 0 Å². The first-order valence-corrected chi connectivity index (χ1v) is 7.87. The monoisotopic (exact) mass is 315 g/mol. The number of rotatable bonds is 4. The number of hydrogen-bond donors (Lipinski definition) is 2. The number of anilines is 1. The van der Waals surface area contributed by atoms with Gasteiger partial charge in [0.1, 0.15) is 0 Å². The molecule has 122 valence electrons. The zero-order chi connectivity index (χ0) is 16.1. The summed E-state index contributed by atoms with van der Waals surface area (Å²) in [6.07, 6.45) is 7.42. The van der Waals surface area contributed by atoms with Crippen molar-refractivity contribution < 1.29 is 9.90 Å². The van der Waals surface area contributed by atoms with Crippen molar-refractivity contribution in [3.63, 3.8) is 0 Å². The fourth-order valence-corrected chi connectivity index (χ4v) is 2.67. The maximum atomic E-state index is 12.1. The molecule has 2 aromatic heterocycles. The number of nitrogens with zero attached hydrogens (tertiary/aromatic N) is 4. The Morgan fingerprint density at radius 2 is 2.17 bits per heavy atom. The number of aliphatic hydroxyl groups is 1. The normalized spacial score (nSPS) is 18.0. The summed E-state index contributed by atoms with van der Waals surface area (Å²) in [7, 11) is 0. The molecule has 0 spiro atoms. The molecule has 2 N–H and O–H groups in total. The molecule has 1 atom stereocenters. The quantitative estimate of drug-likeness (QED) is 0.896. The summed E-state index contributed by atoms with van der Waals surface area (Å²) in [6, 6.07) is 5.54. The molecule has 23 heavy (non-hydrogen) atoms. The highest BCUT2D eigenvalue weighted by atomic mass is 16.3. The number of pyridine rings is 1. The van der Waals surface area contributed by atoms with E-state index in [0.29, 0.717) is 18.9 Å². The van der Waals surface area contributed by atoms with Gasteiger partial charge in [0.25, 0.3) is 0 Å². The third-order valence-electron chi connectivity index (χ3n) is 3.94. The van der Waals surface area contributed by atoms with Gasteiger partial charge in [-0.15, -0.1) is 0 Å². The molecule has 0 aromatic carbocycles. The Morgan fingerprint density at radius 1 is 1.35 bits per heavy atom. The summed E-state index contributed by atoms with van der Waals surface area (Å²) in [6.45, 7) is 1.79. The Kier molecular flexibility index (Phi) is 4.87. The molecule has 0 bridgehead atoms. The second-order valence-electron chi connectivity index (χ2n) is 5.74. The van der Waals surface area contributed by atoms with Crippen LogP contribution in [0.2, 0.25) is 0 Å². The summed E-state index contributed by atoms with van der Waals surface area (Å²) in [5, 5.41) is 16.8. The number of aromatic nitrogens is 3. The van der Waals surface area contributed by atoms with E-state index < -0.39 is 6.10 Å². The molecule has 1 fully saturated rings. The molecule has 2 amide bonds. The highest BCUT2D eigenvalue weighted by molar-refractivity contribution is 5.88. The average molecular weight is 315 g/mol. The maximum absolute atomic E-state index is 12.1. The third kappa shape index (κ3) is 4.29. The fraction of sp³-hybridized carbons (Fsp3) is 0.438. The highest BCUT2D eigenvalue weighted by Crippen LogP contribution is 2.12. The van der Waals surface area contributed by atoms with Gasteiger partial charge in [0, 0.05) is 44.3 Å². The summed E-state index contributed by atoms with van der Waals surface area (Å²) >= 11 is 0. The van der Waals surface area contributed by atoms with Crippen LogP contribution < -0.4 is 5.32 Å². The Labute approximate surface area is 134 Å². The highest BCUT2D eigenvalue weighted by Gasteiger charge is 2.22. The minimum absolute atomic E-state index is 0.205. The minimum Gasteiger partial charge on any atom is -0.391 e. The topological polar surface area (TPSA) is 83.3 Å². The van der Waals surface area contributed by atoms with Gasteiger partial charge in [-0.25, -0.2) is 4.79 Å². The molecule has 0 radical (unpaired) electrons. The number of aryl methyl sites for hydroxylation is 2. The van der Waals surface area contributed by atoms with E-state index in [1.807, 2.05) is 18.3 Å². The summed E-state index contributed by atoms with van der Waals surface area (Å²) in [4.78, 5) is 17.8. The van der Waals surface area contributed by atoms with Crippen LogP contribution in [0.15, 0.2) is 36.8 Å². The van der Waals surface area contributed by atoms with E-state index in [0.717, 1.165) is 25.8 Å². The number of urea groups is 1. The van der Waals surface area contributed by atoms with E-state index in [1.165, 1.54) is 5.56 Å². The lowest BCUT2D eigenvalue weighted by Crippen LogP contribution is -2.44. The Hall–Kier alpha value is -2.41. The van der Waals surface area contributed by atoms with Crippen LogP contribution in [0.3, 0.4) is 0 Å². The molecular weight excluding hydrogens is 294 g/mol. The van der Waals surface area contributed by atoms with Crippen molar-refractivity contribution in [3.8, 4) is 0 Å². The SMILES string of the molecule is O=C(Nc1ccn(CCc2ccncc2)n1)N1CCCC(O)C1. The Bertz CT molecular complexity index is 643. The molecule has 2 aromatic rings. The van der Waals surface area contributed by atoms with Gasteiger partial charge in [-0.05, 0) is 37.0 Å². The number of aliphatic hydroxyl groups excluding tert-OH is 1. The van der Waals surface area contributed by atoms with Crippen LogP contribution in [-0.2, 0) is 13.0 Å². The van der Waals surface area contributed by atoms with Gasteiger partial charge in [0.05, 0.1) is 6.10 Å². The smallest absolute Gasteiger partial charge is 0.323 e. The number of carbonyl (C=O) groups is 1. The lowest BCUT2D eigenvalue weighted by molar-refractivity contribution is 0.0883. The summed E-state index contributed by atoms with van der Waals surface area (Å²) < 4.78 is 1.81. The van der Waals surface area contributed by atoms with Crippen LogP contribution in [0, 0.1) is 0 Å². The Morgan fingerprint density at radius 3 is 2.96 bits per heavy atom. The lowest BCUT2D eigenvalue weighted by Gasteiger charge is -2.29. The number of amides is 2. The third-order valence-corrected chi connectivity index (χ3v) is 3.94. The molecule has 7 nitrogen and oxygen atoms in total. The van der Waals surface area contributed by atoms with Crippen LogP contribution in [-0.4, -0.2) is 50.0 Å². The lowest BCUT2D eigenvalue weighted by atomic mass is 10.1. The maximum Gasteiger partial charge on any atom is 0.323 e. The molecule has 3 heterocycles. The molecule has 0 aliphatic carbocycles. The largest absolute Gasteiger partial charge is 0.391 e. The van der Waals surface area contributed by atoms with Crippen molar-refractivity contribution in [2.45, 2.75) is 31.9 Å². The van der Waals surface area contributed by atoms with E-state index in [4.69, 9.17) is 0 Å². The predicted molar refractivity (Wildman–Crippen MR) is 86.0 cm³/mol. The van der Waals surface area contributed by atoms with Crippen LogP contribution in [0.5, 0.6) is 0 Å². The van der Waals surface area contributed by atoms with E-state index >= 15 is 0 Å². The molecule has 3 rings (SSSR count).